The van der Waals surface area contributed by atoms with Gasteiger partial charge in [0.15, 0.2) is 0 Å². The van der Waals surface area contributed by atoms with Crippen LogP contribution in [0.4, 0.5) is 0 Å². The third-order valence-electron chi connectivity index (χ3n) is 9.97. The van der Waals surface area contributed by atoms with Crippen LogP contribution in [-0.2, 0) is 4.79 Å². The molecule has 2 heteroatoms. The molecule has 0 aromatic heterocycles. The van der Waals surface area contributed by atoms with E-state index in [9.17, 15) is 4.79 Å². The van der Waals surface area contributed by atoms with Gasteiger partial charge in [-0.3, -0.25) is 4.79 Å². The molecule has 0 aromatic rings. The second-order valence-corrected chi connectivity index (χ2v) is 11.1. The van der Waals surface area contributed by atoms with Gasteiger partial charge in [0, 0.05) is 12.5 Å². The Kier molecular flexibility index (Phi) is 4.72. The van der Waals surface area contributed by atoms with E-state index < -0.39 is 0 Å². The Hall–Kier alpha value is -0.530. The summed E-state index contributed by atoms with van der Waals surface area (Å²) >= 11 is 0. The first kappa shape index (κ1) is 18.8. The van der Waals surface area contributed by atoms with Crippen molar-refractivity contribution in [2.45, 2.75) is 98.4 Å². The molecule has 2 unspecified atom stereocenters. The average Bonchev–Trinajstić information content (AvgIpc) is 2.94. The van der Waals surface area contributed by atoms with Crippen molar-refractivity contribution in [1.82, 2.24) is 5.32 Å². The number of piperidine rings is 1. The minimum Gasteiger partial charge on any atom is -0.353 e. The van der Waals surface area contributed by atoms with Gasteiger partial charge in [-0.2, -0.15) is 0 Å². The lowest BCUT2D eigenvalue weighted by atomic mass is 9.44. The highest BCUT2D eigenvalue weighted by atomic mass is 16.1. The molecule has 0 radical (unpaired) electrons. The Labute approximate surface area is 161 Å². The van der Waals surface area contributed by atoms with E-state index in [1.54, 1.807) is 0 Å². The van der Waals surface area contributed by atoms with E-state index in [4.69, 9.17) is 0 Å². The maximum absolute atomic E-state index is 12.0. The van der Waals surface area contributed by atoms with Crippen molar-refractivity contribution in [3.05, 3.63) is 0 Å². The number of nitrogens with one attached hydrogen (secondary N) is 1. The minimum atomic E-state index is 0.299. The number of amides is 1. The summed E-state index contributed by atoms with van der Waals surface area (Å²) in [5.74, 6) is 5.55. The summed E-state index contributed by atoms with van der Waals surface area (Å²) in [6.45, 7) is 12.6. The fourth-order valence-corrected chi connectivity index (χ4v) is 8.68. The molecule has 1 saturated heterocycles. The average molecular weight is 360 g/mol. The van der Waals surface area contributed by atoms with E-state index in [-0.39, 0.29) is 0 Å². The zero-order chi connectivity index (χ0) is 18.7. The highest BCUT2D eigenvalue weighted by molar-refractivity contribution is 5.77. The topological polar surface area (TPSA) is 29.1 Å². The normalized spacial score (nSPS) is 51.8. The Balaban J connectivity index is 1.61. The summed E-state index contributed by atoms with van der Waals surface area (Å²) in [5, 5.41) is 3.40. The zero-order valence-electron chi connectivity index (χ0n) is 17.8. The van der Waals surface area contributed by atoms with Gasteiger partial charge in [0.25, 0.3) is 0 Å². The molecular formula is C24H41NO. The SMILES string of the molecule is CCCC(C)[C@H]1CC[C@H]2[C@@H]3C(C)C[C@H]4NC(=O)CC[C@]4(C)[C@H]3CC[C@]12C. The van der Waals surface area contributed by atoms with Crippen LogP contribution in [0.5, 0.6) is 0 Å². The van der Waals surface area contributed by atoms with Crippen molar-refractivity contribution in [2.75, 3.05) is 0 Å². The van der Waals surface area contributed by atoms with Crippen molar-refractivity contribution in [1.29, 1.82) is 0 Å². The smallest absolute Gasteiger partial charge is 0.220 e. The lowest BCUT2D eigenvalue weighted by molar-refractivity contribution is -0.144. The van der Waals surface area contributed by atoms with Crippen LogP contribution < -0.4 is 5.32 Å². The van der Waals surface area contributed by atoms with Gasteiger partial charge in [0.2, 0.25) is 5.91 Å². The van der Waals surface area contributed by atoms with Crippen molar-refractivity contribution < 1.29 is 4.79 Å². The Morgan fingerprint density at radius 3 is 2.58 bits per heavy atom. The van der Waals surface area contributed by atoms with Crippen LogP contribution in [0.3, 0.4) is 0 Å². The number of carbonyl (C=O) groups is 1. The lowest BCUT2D eigenvalue weighted by Crippen LogP contribution is -2.63. The second kappa shape index (κ2) is 6.52. The number of hydrogen-bond donors (Lipinski definition) is 1. The van der Waals surface area contributed by atoms with E-state index in [1.165, 1.54) is 44.9 Å². The molecule has 4 fully saturated rings. The summed E-state index contributed by atoms with van der Waals surface area (Å²) in [5.41, 5.74) is 0.921. The lowest BCUT2D eigenvalue weighted by Gasteiger charge is -2.62. The monoisotopic (exact) mass is 359 g/mol. The molecule has 2 nitrogen and oxygen atoms in total. The summed E-state index contributed by atoms with van der Waals surface area (Å²) in [6, 6.07) is 0.431. The van der Waals surface area contributed by atoms with Crippen LogP contribution in [0.15, 0.2) is 0 Å². The van der Waals surface area contributed by atoms with E-state index in [2.05, 4.69) is 39.9 Å². The van der Waals surface area contributed by atoms with Crippen LogP contribution in [0, 0.1) is 46.3 Å². The predicted octanol–water partition coefficient (Wildman–Crippen LogP) is 5.81. The molecule has 3 saturated carbocycles. The fourth-order valence-electron chi connectivity index (χ4n) is 8.68. The van der Waals surface area contributed by atoms with Gasteiger partial charge in [-0.1, -0.05) is 47.5 Å². The van der Waals surface area contributed by atoms with Gasteiger partial charge in [0.05, 0.1) is 0 Å². The first-order chi connectivity index (χ1) is 12.3. The molecule has 9 atom stereocenters. The zero-order valence-corrected chi connectivity index (χ0v) is 17.8. The Morgan fingerprint density at radius 2 is 1.85 bits per heavy atom. The van der Waals surface area contributed by atoms with E-state index in [0.29, 0.717) is 22.8 Å². The third-order valence-corrected chi connectivity index (χ3v) is 9.97. The van der Waals surface area contributed by atoms with Crippen LogP contribution in [0.25, 0.3) is 0 Å². The highest BCUT2D eigenvalue weighted by Gasteiger charge is 2.62. The molecule has 1 amide bonds. The van der Waals surface area contributed by atoms with Crippen molar-refractivity contribution in [3.63, 3.8) is 0 Å². The van der Waals surface area contributed by atoms with E-state index in [1.807, 2.05) is 0 Å². The maximum Gasteiger partial charge on any atom is 0.220 e. The summed E-state index contributed by atoms with van der Waals surface area (Å²) < 4.78 is 0. The van der Waals surface area contributed by atoms with Crippen LogP contribution in [0.2, 0.25) is 0 Å². The van der Waals surface area contributed by atoms with Gasteiger partial charge in [-0.25, -0.2) is 0 Å². The van der Waals surface area contributed by atoms with Gasteiger partial charge in [0.1, 0.15) is 0 Å². The number of hydrogen-bond acceptors (Lipinski definition) is 1. The number of carbonyl (C=O) groups excluding carboxylic acids is 1. The molecule has 148 valence electrons. The molecule has 3 aliphatic carbocycles. The third kappa shape index (κ3) is 2.60. The van der Waals surface area contributed by atoms with Crippen LogP contribution in [-0.4, -0.2) is 11.9 Å². The van der Waals surface area contributed by atoms with Crippen LogP contribution in [0.1, 0.15) is 92.4 Å². The van der Waals surface area contributed by atoms with E-state index in [0.717, 1.165) is 48.3 Å². The Bertz CT molecular complexity index is 558. The quantitative estimate of drug-likeness (QED) is 0.677. The molecule has 26 heavy (non-hydrogen) atoms. The molecule has 1 N–H and O–H groups in total. The van der Waals surface area contributed by atoms with Gasteiger partial charge in [-0.15, -0.1) is 0 Å². The molecule has 0 spiro atoms. The molecule has 4 rings (SSSR count). The molecule has 1 heterocycles. The number of rotatable bonds is 3. The highest BCUT2D eigenvalue weighted by Crippen LogP contribution is 2.67. The van der Waals surface area contributed by atoms with Gasteiger partial charge < -0.3 is 5.32 Å². The molecule has 0 aromatic carbocycles. The fraction of sp³-hybridized carbons (Fsp3) is 0.958. The molecule has 1 aliphatic heterocycles. The summed E-state index contributed by atoms with van der Waals surface area (Å²) in [4.78, 5) is 12.0. The second-order valence-electron chi connectivity index (χ2n) is 11.1. The van der Waals surface area contributed by atoms with E-state index >= 15 is 0 Å². The van der Waals surface area contributed by atoms with Crippen molar-refractivity contribution in [2.24, 2.45) is 46.3 Å². The maximum atomic E-state index is 12.0. The first-order valence-electron chi connectivity index (χ1n) is 11.6. The van der Waals surface area contributed by atoms with Crippen molar-refractivity contribution in [3.8, 4) is 0 Å². The first-order valence-corrected chi connectivity index (χ1v) is 11.6. The largest absolute Gasteiger partial charge is 0.353 e. The summed E-state index contributed by atoms with van der Waals surface area (Å²) in [6.07, 6.45) is 11.6. The summed E-state index contributed by atoms with van der Waals surface area (Å²) in [7, 11) is 0. The van der Waals surface area contributed by atoms with Crippen LogP contribution >= 0.6 is 0 Å². The van der Waals surface area contributed by atoms with Gasteiger partial charge in [-0.05, 0) is 84.9 Å². The number of fused-ring (bicyclic) bond motifs is 5. The predicted molar refractivity (Wildman–Crippen MR) is 108 cm³/mol. The molecule has 4 aliphatic rings. The van der Waals surface area contributed by atoms with Crippen molar-refractivity contribution >= 4 is 5.91 Å². The minimum absolute atomic E-state index is 0.299. The standard InChI is InChI=1S/C24H41NO/c1-6-7-15(2)17-8-9-18-22-16(3)14-20-24(5,13-11-21(26)25-20)19(22)10-12-23(17,18)4/h15-20,22H,6-14H2,1-5H3,(H,25,26)/t15?,16?,17-,18+,19+,20-,22+,23-,24-/m1/s1. The Morgan fingerprint density at radius 1 is 1.12 bits per heavy atom. The van der Waals surface area contributed by atoms with Gasteiger partial charge >= 0.3 is 0 Å². The molecular weight excluding hydrogens is 318 g/mol. The molecule has 0 bridgehead atoms.